The van der Waals surface area contributed by atoms with E-state index >= 15 is 0 Å². The van der Waals surface area contributed by atoms with Gasteiger partial charge in [-0.05, 0) is 66.9 Å². The molecule has 0 aliphatic rings. The van der Waals surface area contributed by atoms with Crippen LogP contribution in [0.5, 0.6) is 5.75 Å². The van der Waals surface area contributed by atoms with Crippen LogP contribution in [0.3, 0.4) is 0 Å². The number of amides is 1. The number of rotatable bonds is 9. The van der Waals surface area contributed by atoms with Crippen molar-refractivity contribution in [3.05, 3.63) is 89.7 Å². The molecule has 0 bridgehead atoms. The van der Waals surface area contributed by atoms with Crippen molar-refractivity contribution in [1.29, 1.82) is 0 Å². The van der Waals surface area contributed by atoms with E-state index in [1.54, 1.807) is 25.3 Å². The first-order chi connectivity index (χ1) is 15.8. The lowest BCUT2D eigenvalue weighted by atomic mass is 10.0. The fraction of sp³-hybridized carbons (Fsp3) is 0.240. The number of methoxy groups -OCH3 is 1. The van der Waals surface area contributed by atoms with Gasteiger partial charge in [0.05, 0.1) is 23.7 Å². The number of carbonyl (C=O) groups excluding carboxylic acids is 1. The molecule has 0 fully saturated rings. The van der Waals surface area contributed by atoms with Gasteiger partial charge in [-0.1, -0.05) is 37.3 Å². The van der Waals surface area contributed by atoms with E-state index in [0.29, 0.717) is 6.42 Å². The number of hydrogen-bond acceptors (Lipinski definition) is 4. The number of ether oxygens (including phenoxy) is 1. The zero-order valence-corrected chi connectivity index (χ0v) is 19.6. The average molecular weight is 471 g/mol. The first kappa shape index (κ1) is 24.3. The maximum atomic E-state index is 13.5. The molecule has 8 heteroatoms. The molecule has 0 unspecified atom stereocenters. The highest BCUT2D eigenvalue weighted by atomic mass is 32.2. The second kappa shape index (κ2) is 10.5. The van der Waals surface area contributed by atoms with E-state index < -0.39 is 28.3 Å². The third kappa shape index (κ3) is 5.70. The van der Waals surface area contributed by atoms with Crippen LogP contribution >= 0.6 is 0 Å². The lowest BCUT2D eigenvalue weighted by molar-refractivity contribution is -0.120. The van der Waals surface area contributed by atoms with Crippen molar-refractivity contribution in [3.8, 4) is 5.75 Å². The highest BCUT2D eigenvalue weighted by molar-refractivity contribution is 7.92. The number of nitrogens with one attached hydrogen (secondary N) is 1. The molecule has 0 saturated heterocycles. The van der Waals surface area contributed by atoms with Crippen LogP contribution in [0.25, 0.3) is 0 Å². The highest BCUT2D eigenvalue weighted by Gasteiger charge is 2.28. The molecule has 6 nitrogen and oxygen atoms in total. The summed E-state index contributed by atoms with van der Waals surface area (Å²) in [5.74, 6) is -0.225. The third-order valence-corrected chi connectivity index (χ3v) is 7.09. The van der Waals surface area contributed by atoms with Crippen LogP contribution in [0, 0.1) is 12.7 Å². The normalized spacial score (nSPS) is 12.1. The second-order valence-corrected chi connectivity index (χ2v) is 9.42. The summed E-state index contributed by atoms with van der Waals surface area (Å²) in [6, 6.07) is 18.2. The van der Waals surface area contributed by atoms with Crippen LogP contribution in [0.1, 0.15) is 30.5 Å². The molecule has 3 aromatic carbocycles. The summed E-state index contributed by atoms with van der Waals surface area (Å²) in [6.45, 7) is 3.40. The molecule has 0 saturated carbocycles. The van der Waals surface area contributed by atoms with Gasteiger partial charge in [-0.25, -0.2) is 12.8 Å². The maximum Gasteiger partial charge on any atom is 0.264 e. The SMILES string of the molecule is CC[C@H](NC(=O)CN(c1ccc(F)cc1)S(=O)(=O)c1ccccc1)c1ccc(OC)c(C)c1. The Morgan fingerprint density at radius 1 is 1.06 bits per heavy atom. The molecule has 1 atom stereocenters. The van der Waals surface area contributed by atoms with Gasteiger partial charge in [-0.3, -0.25) is 9.10 Å². The molecule has 1 amide bonds. The molecular formula is C25H27FN2O4S. The first-order valence-electron chi connectivity index (χ1n) is 10.5. The molecule has 33 heavy (non-hydrogen) atoms. The topological polar surface area (TPSA) is 75.7 Å². The van der Waals surface area contributed by atoms with E-state index in [4.69, 9.17) is 4.74 Å². The zero-order valence-electron chi connectivity index (χ0n) is 18.8. The Bertz CT molecular complexity index is 1200. The van der Waals surface area contributed by atoms with Gasteiger partial charge in [0.25, 0.3) is 10.0 Å². The minimum atomic E-state index is -4.05. The summed E-state index contributed by atoms with van der Waals surface area (Å²) in [5, 5.41) is 2.92. The number of carbonyl (C=O) groups is 1. The monoisotopic (exact) mass is 470 g/mol. The van der Waals surface area contributed by atoms with Crippen molar-refractivity contribution in [1.82, 2.24) is 5.32 Å². The molecule has 0 aliphatic heterocycles. The fourth-order valence-corrected chi connectivity index (χ4v) is 4.99. The molecule has 174 valence electrons. The third-order valence-electron chi connectivity index (χ3n) is 5.30. The minimum absolute atomic E-state index is 0.0416. The average Bonchev–Trinajstić information content (AvgIpc) is 2.82. The Morgan fingerprint density at radius 2 is 1.73 bits per heavy atom. The fourth-order valence-electron chi connectivity index (χ4n) is 3.55. The number of anilines is 1. The molecule has 0 heterocycles. The number of aryl methyl sites for hydroxylation is 1. The van der Waals surface area contributed by atoms with Gasteiger partial charge in [0.15, 0.2) is 0 Å². The van der Waals surface area contributed by atoms with E-state index in [1.165, 1.54) is 24.3 Å². The van der Waals surface area contributed by atoms with Gasteiger partial charge in [0.1, 0.15) is 18.1 Å². The lowest BCUT2D eigenvalue weighted by Crippen LogP contribution is -2.42. The van der Waals surface area contributed by atoms with E-state index in [-0.39, 0.29) is 16.6 Å². The molecule has 0 spiro atoms. The van der Waals surface area contributed by atoms with E-state index in [0.717, 1.165) is 33.3 Å². The number of halogens is 1. The molecular weight excluding hydrogens is 443 g/mol. The quantitative estimate of drug-likeness (QED) is 0.496. The van der Waals surface area contributed by atoms with Crippen LogP contribution < -0.4 is 14.4 Å². The van der Waals surface area contributed by atoms with Crippen molar-refractivity contribution >= 4 is 21.6 Å². The van der Waals surface area contributed by atoms with Crippen molar-refractivity contribution in [3.63, 3.8) is 0 Å². The summed E-state index contributed by atoms with van der Waals surface area (Å²) in [7, 11) is -2.46. The van der Waals surface area contributed by atoms with Crippen molar-refractivity contribution in [2.75, 3.05) is 18.0 Å². The molecule has 1 N–H and O–H groups in total. The van der Waals surface area contributed by atoms with Crippen molar-refractivity contribution in [2.45, 2.75) is 31.2 Å². The minimum Gasteiger partial charge on any atom is -0.496 e. The van der Waals surface area contributed by atoms with E-state index in [1.807, 2.05) is 32.0 Å². The molecule has 3 rings (SSSR count). The highest BCUT2D eigenvalue weighted by Crippen LogP contribution is 2.26. The molecule has 0 radical (unpaired) electrons. The van der Waals surface area contributed by atoms with Crippen LogP contribution in [-0.4, -0.2) is 28.0 Å². The Balaban J connectivity index is 1.88. The number of sulfonamides is 1. The van der Waals surface area contributed by atoms with Gasteiger partial charge in [-0.15, -0.1) is 0 Å². The number of hydrogen-bond donors (Lipinski definition) is 1. The Kier molecular flexibility index (Phi) is 7.71. The maximum absolute atomic E-state index is 13.5. The molecule has 0 aromatic heterocycles. The van der Waals surface area contributed by atoms with Crippen LogP contribution in [-0.2, 0) is 14.8 Å². The number of nitrogens with zero attached hydrogens (tertiary/aromatic N) is 1. The lowest BCUT2D eigenvalue weighted by Gasteiger charge is -2.26. The Hall–Kier alpha value is -3.39. The zero-order chi connectivity index (χ0) is 24.0. The van der Waals surface area contributed by atoms with Crippen LogP contribution in [0.15, 0.2) is 77.7 Å². The summed E-state index contributed by atoms with van der Waals surface area (Å²) < 4.78 is 46.4. The van der Waals surface area contributed by atoms with Gasteiger partial charge < -0.3 is 10.1 Å². The van der Waals surface area contributed by atoms with Gasteiger partial charge in [-0.2, -0.15) is 0 Å². The van der Waals surface area contributed by atoms with Gasteiger partial charge in [0, 0.05) is 0 Å². The van der Waals surface area contributed by atoms with E-state index in [2.05, 4.69) is 5.32 Å². The van der Waals surface area contributed by atoms with Gasteiger partial charge >= 0.3 is 0 Å². The predicted octanol–water partition coefficient (Wildman–Crippen LogP) is 4.61. The largest absolute Gasteiger partial charge is 0.496 e. The summed E-state index contributed by atoms with van der Waals surface area (Å²) >= 11 is 0. The summed E-state index contributed by atoms with van der Waals surface area (Å²) in [4.78, 5) is 13.0. The molecule has 0 aliphatic carbocycles. The smallest absolute Gasteiger partial charge is 0.264 e. The molecule has 3 aromatic rings. The standard InChI is InChI=1S/C25H27FN2O4S/c1-4-23(19-10-15-24(32-3)18(2)16-19)27-25(29)17-28(21-13-11-20(26)12-14-21)33(30,31)22-8-6-5-7-9-22/h5-16,23H,4,17H2,1-3H3,(H,27,29)/t23-/m0/s1. The Morgan fingerprint density at radius 3 is 2.30 bits per heavy atom. The van der Waals surface area contributed by atoms with Crippen molar-refractivity contribution < 1.29 is 22.3 Å². The Labute approximate surface area is 194 Å². The predicted molar refractivity (Wildman–Crippen MR) is 126 cm³/mol. The number of benzene rings is 3. The second-order valence-electron chi connectivity index (χ2n) is 7.56. The van der Waals surface area contributed by atoms with Crippen LogP contribution in [0.2, 0.25) is 0 Å². The van der Waals surface area contributed by atoms with E-state index in [9.17, 15) is 17.6 Å². The first-order valence-corrected chi connectivity index (χ1v) is 12.0. The van der Waals surface area contributed by atoms with Crippen molar-refractivity contribution in [2.24, 2.45) is 0 Å². The summed E-state index contributed by atoms with van der Waals surface area (Å²) in [6.07, 6.45) is 0.611. The summed E-state index contributed by atoms with van der Waals surface area (Å²) in [5.41, 5.74) is 2.02. The van der Waals surface area contributed by atoms with Crippen LogP contribution in [0.4, 0.5) is 10.1 Å². The van der Waals surface area contributed by atoms with Gasteiger partial charge in [0.2, 0.25) is 5.91 Å².